The third kappa shape index (κ3) is 2.71. The minimum atomic E-state index is -0.265. The number of hydrogen-bond donors (Lipinski definition) is 1. The summed E-state index contributed by atoms with van der Waals surface area (Å²) >= 11 is 0. The highest BCUT2D eigenvalue weighted by atomic mass is 16.5. The van der Waals surface area contributed by atoms with Crippen molar-refractivity contribution in [3.8, 4) is 0 Å². The van der Waals surface area contributed by atoms with Crippen LogP contribution in [0.25, 0.3) is 0 Å². The first kappa shape index (κ1) is 14.2. The molecule has 2 atom stereocenters. The number of nitrogens with two attached hydrogens (primary N) is 1. The van der Waals surface area contributed by atoms with Crippen LogP contribution in [0, 0.1) is 5.92 Å². The second kappa shape index (κ2) is 5.96. The van der Waals surface area contributed by atoms with Gasteiger partial charge in [0.05, 0.1) is 23.5 Å². The molecule has 1 saturated carbocycles. The smallest absolute Gasteiger partial charge is 0.338 e. The van der Waals surface area contributed by atoms with E-state index in [1.165, 1.54) is 32.1 Å². The summed E-state index contributed by atoms with van der Waals surface area (Å²) in [5, 5.41) is 0. The van der Waals surface area contributed by atoms with Gasteiger partial charge in [-0.05, 0) is 56.7 Å². The number of rotatable bonds is 3. The number of fused-ring (bicyclic) bond motifs is 1. The van der Waals surface area contributed by atoms with Crippen molar-refractivity contribution >= 4 is 17.3 Å². The third-order valence-electron chi connectivity index (χ3n) is 4.84. The standard InChI is InChI=1S/C17H24N2O2/c1-2-21-17(20)13-8-9-14(18)16(11-13)19-10-4-6-12-5-3-7-15(12)19/h8-9,11-12,15H,2-7,10,18H2,1H3. The maximum Gasteiger partial charge on any atom is 0.338 e. The first-order valence-electron chi connectivity index (χ1n) is 8.04. The fraction of sp³-hybridized carbons (Fsp3) is 0.588. The van der Waals surface area contributed by atoms with E-state index in [2.05, 4.69) is 4.90 Å². The number of piperidine rings is 1. The monoisotopic (exact) mass is 288 g/mol. The van der Waals surface area contributed by atoms with Crippen molar-refractivity contribution in [3.05, 3.63) is 23.8 Å². The molecule has 0 amide bonds. The molecule has 1 aliphatic carbocycles. The summed E-state index contributed by atoms with van der Waals surface area (Å²) in [6.07, 6.45) is 6.43. The fourth-order valence-corrected chi connectivity index (χ4v) is 3.89. The molecule has 21 heavy (non-hydrogen) atoms. The van der Waals surface area contributed by atoms with E-state index >= 15 is 0 Å². The Bertz CT molecular complexity index is 530. The zero-order chi connectivity index (χ0) is 14.8. The minimum absolute atomic E-state index is 0.265. The molecule has 0 spiro atoms. The highest BCUT2D eigenvalue weighted by Gasteiger charge is 2.35. The molecule has 1 aromatic carbocycles. The van der Waals surface area contributed by atoms with Gasteiger partial charge >= 0.3 is 5.97 Å². The Morgan fingerprint density at radius 3 is 2.95 bits per heavy atom. The molecule has 3 rings (SSSR count). The van der Waals surface area contributed by atoms with Crippen molar-refractivity contribution in [2.75, 3.05) is 23.8 Å². The molecule has 4 heteroatoms. The molecule has 4 nitrogen and oxygen atoms in total. The van der Waals surface area contributed by atoms with Crippen LogP contribution in [0.1, 0.15) is 49.4 Å². The van der Waals surface area contributed by atoms with Crippen LogP contribution in [0.2, 0.25) is 0 Å². The summed E-state index contributed by atoms with van der Waals surface area (Å²) < 4.78 is 5.10. The zero-order valence-electron chi connectivity index (χ0n) is 12.7. The van der Waals surface area contributed by atoms with Gasteiger partial charge in [-0.1, -0.05) is 6.42 Å². The second-order valence-corrected chi connectivity index (χ2v) is 6.09. The molecule has 2 fully saturated rings. The number of carbonyl (C=O) groups excluding carboxylic acids is 1. The normalized spacial score (nSPS) is 24.7. The van der Waals surface area contributed by atoms with E-state index < -0.39 is 0 Å². The fourth-order valence-electron chi connectivity index (χ4n) is 3.89. The number of benzene rings is 1. The van der Waals surface area contributed by atoms with Crippen LogP contribution in [0.5, 0.6) is 0 Å². The molecular weight excluding hydrogens is 264 g/mol. The third-order valence-corrected chi connectivity index (χ3v) is 4.84. The lowest BCUT2D eigenvalue weighted by atomic mass is 9.91. The minimum Gasteiger partial charge on any atom is -0.462 e. The topological polar surface area (TPSA) is 55.6 Å². The van der Waals surface area contributed by atoms with Crippen LogP contribution in [0.15, 0.2) is 18.2 Å². The summed E-state index contributed by atoms with van der Waals surface area (Å²) in [6, 6.07) is 6.10. The molecule has 1 aliphatic heterocycles. The van der Waals surface area contributed by atoms with E-state index in [9.17, 15) is 4.79 Å². The van der Waals surface area contributed by atoms with Crippen molar-refractivity contribution in [1.29, 1.82) is 0 Å². The highest BCUT2D eigenvalue weighted by Crippen LogP contribution is 2.40. The first-order valence-corrected chi connectivity index (χ1v) is 8.04. The van der Waals surface area contributed by atoms with Crippen LogP contribution < -0.4 is 10.6 Å². The lowest BCUT2D eigenvalue weighted by molar-refractivity contribution is 0.0526. The van der Waals surface area contributed by atoms with E-state index in [1.807, 2.05) is 19.1 Å². The summed E-state index contributed by atoms with van der Waals surface area (Å²) in [5.74, 6) is 0.531. The maximum atomic E-state index is 11.9. The van der Waals surface area contributed by atoms with Crippen molar-refractivity contribution in [2.45, 2.75) is 45.1 Å². The Hall–Kier alpha value is -1.71. The molecule has 0 bridgehead atoms. The van der Waals surface area contributed by atoms with Crippen molar-refractivity contribution in [2.24, 2.45) is 5.92 Å². The van der Waals surface area contributed by atoms with Gasteiger partial charge in [0.15, 0.2) is 0 Å². The van der Waals surface area contributed by atoms with Gasteiger partial charge in [-0.15, -0.1) is 0 Å². The Balaban J connectivity index is 1.89. The van der Waals surface area contributed by atoms with E-state index in [4.69, 9.17) is 10.5 Å². The average Bonchev–Trinajstić information content (AvgIpc) is 2.96. The lowest BCUT2D eigenvalue weighted by Crippen LogP contribution is -2.43. The Kier molecular flexibility index (Phi) is 4.04. The molecule has 1 aromatic rings. The highest BCUT2D eigenvalue weighted by molar-refractivity contribution is 5.92. The molecule has 2 aliphatic rings. The van der Waals surface area contributed by atoms with Gasteiger partial charge in [0.25, 0.3) is 0 Å². The number of ether oxygens (including phenoxy) is 1. The summed E-state index contributed by atoms with van der Waals surface area (Å²) in [6.45, 7) is 3.26. The van der Waals surface area contributed by atoms with E-state index in [-0.39, 0.29) is 5.97 Å². The van der Waals surface area contributed by atoms with Gasteiger partial charge < -0.3 is 15.4 Å². The maximum absolute atomic E-state index is 11.9. The number of carbonyl (C=O) groups is 1. The number of nitrogens with zero attached hydrogens (tertiary/aromatic N) is 1. The van der Waals surface area contributed by atoms with Crippen LogP contribution in [0.3, 0.4) is 0 Å². The van der Waals surface area contributed by atoms with Crippen molar-refractivity contribution < 1.29 is 9.53 Å². The summed E-state index contributed by atoms with van der Waals surface area (Å²) in [5.41, 5.74) is 8.55. The van der Waals surface area contributed by atoms with Crippen molar-refractivity contribution in [1.82, 2.24) is 0 Å². The predicted molar refractivity (Wildman–Crippen MR) is 84.5 cm³/mol. The summed E-state index contributed by atoms with van der Waals surface area (Å²) in [4.78, 5) is 14.4. The Labute approximate surface area is 126 Å². The SMILES string of the molecule is CCOC(=O)c1ccc(N)c(N2CCCC3CCCC32)c1. The van der Waals surface area contributed by atoms with Gasteiger partial charge in [-0.2, -0.15) is 0 Å². The zero-order valence-corrected chi connectivity index (χ0v) is 12.7. The molecule has 114 valence electrons. The van der Waals surface area contributed by atoms with Gasteiger partial charge in [0.2, 0.25) is 0 Å². The molecule has 1 saturated heterocycles. The average molecular weight is 288 g/mol. The molecule has 2 N–H and O–H groups in total. The first-order chi connectivity index (χ1) is 10.2. The van der Waals surface area contributed by atoms with Crippen LogP contribution >= 0.6 is 0 Å². The quantitative estimate of drug-likeness (QED) is 0.685. The number of hydrogen-bond acceptors (Lipinski definition) is 4. The Morgan fingerprint density at radius 2 is 2.14 bits per heavy atom. The molecular formula is C17H24N2O2. The number of esters is 1. The molecule has 0 aromatic heterocycles. The van der Waals surface area contributed by atoms with Crippen LogP contribution in [-0.2, 0) is 4.74 Å². The summed E-state index contributed by atoms with van der Waals surface area (Å²) in [7, 11) is 0. The van der Waals surface area contributed by atoms with Gasteiger partial charge in [0, 0.05) is 12.6 Å². The Morgan fingerprint density at radius 1 is 1.33 bits per heavy atom. The van der Waals surface area contributed by atoms with E-state index in [1.54, 1.807) is 6.07 Å². The molecule has 1 heterocycles. The van der Waals surface area contributed by atoms with Gasteiger partial charge in [-0.25, -0.2) is 4.79 Å². The number of nitrogen functional groups attached to an aromatic ring is 1. The second-order valence-electron chi connectivity index (χ2n) is 6.09. The predicted octanol–water partition coefficient (Wildman–Crippen LogP) is 3.21. The van der Waals surface area contributed by atoms with Gasteiger partial charge in [0.1, 0.15) is 0 Å². The largest absolute Gasteiger partial charge is 0.462 e. The molecule has 2 unspecified atom stereocenters. The number of anilines is 2. The van der Waals surface area contributed by atoms with Crippen LogP contribution in [-0.4, -0.2) is 25.2 Å². The van der Waals surface area contributed by atoms with Gasteiger partial charge in [-0.3, -0.25) is 0 Å². The van der Waals surface area contributed by atoms with E-state index in [0.717, 1.165) is 23.8 Å². The van der Waals surface area contributed by atoms with Crippen LogP contribution in [0.4, 0.5) is 11.4 Å². The molecule has 0 radical (unpaired) electrons. The van der Waals surface area contributed by atoms with Crippen molar-refractivity contribution in [3.63, 3.8) is 0 Å². The van der Waals surface area contributed by atoms with E-state index in [0.29, 0.717) is 18.2 Å². The lowest BCUT2D eigenvalue weighted by Gasteiger charge is -2.40.